The van der Waals surface area contributed by atoms with E-state index in [0.29, 0.717) is 19.3 Å². The predicted molar refractivity (Wildman–Crippen MR) is 116 cm³/mol. The number of ether oxygens (including phenoxy) is 1. The zero-order valence-electron chi connectivity index (χ0n) is 19.5. The van der Waals surface area contributed by atoms with Crippen molar-refractivity contribution in [3.63, 3.8) is 0 Å². The van der Waals surface area contributed by atoms with Crippen molar-refractivity contribution in [2.75, 3.05) is 6.61 Å². The lowest BCUT2D eigenvalue weighted by Gasteiger charge is -2.58. The van der Waals surface area contributed by atoms with E-state index in [9.17, 15) is 34.2 Å². The van der Waals surface area contributed by atoms with Crippen molar-refractivity contribution < 1.29 is 44.0 Å². The summed E-state index contributed by atoms with van der Waals surface area (Å²) in [5, 5.41) is 31.1. The molecule has 34 heavy (non-hydrogen) atoms. The first kappa shape index (κ1) is 24.7. The van der Waals surface area contributed by atoms with E-state index in [2.05, 4.69) is 0 Å². The van der Waals surface area contributed by atoms with E-state index in [0.717, 1.165) is 5.57 Å². The Morgan fingerprint density at radius 3 is 2.53 bits per heavy atom. The second-order valence-electron chi connectivity index (χ2n) is 10.9. The van der Waals surface area contributed by atoms with E-state index in [1.807, 2.05) is 6.92 Å². The van der Waals surface area contributed by atoms with Crippen LogP contribution in [0.15, 0.2) is 11.6 Å². The lowest BCUT2D eigenvalue weighted by molar-refractivity contribution is -0.177. The van der Waals surface area contributed by atoms with Gasteiger partial charge < -0.3 is 20.1 Å². The maximum atomic E-state index is 13.6. The van der Waals surface area contributed by atoms with E-state index >= 15 is 0 Å². The van der Waals surface area contributed by atoms with Crippen LogP contribution in [0.4, 0.5) is 0 Å². The number of carboxylic acid groups (broad SMARTS) is 1. The molecule has 0 aromatic heterocycles. The second kappa shape index (κ2) is 8.37. The van der Waals surface area contributed by atoms with Crippen LogP contribution in [-0.2, 0) is 28.7 Å². The zero-order valence-corrected chi connectivity index (χ0v) is 19.5. The molecule has 4 rings (SSSR count). The Balaban J connectivity index is 1.56. The fraction of sp³-hybridized carbons (Fsp3) is 0.720. The molecule has 4 aliphatic rings. The number of Topliss-reactive ketones (excluding diaryl/α,β-unsaturated/α-hetero) is 2. The molecule has 3 saturated carbocycles. The van der Waals surface area contributed by atoms with Crippen molar-refractivity contribution in [1.82, 2.24) is 0 Å². The Morgan fingerprint density at radius 2 is 1.85 bits per heavy atom. The molecule has 0 aliphatic heterocycles. The van der Waals surface area contributed by atoms with Crippen LogP contribution < -0.4 is 0 Å². The number of aliphatic hydroxyl groups excluding tert-OH is 1. The number of hydrogen-bond donors (Lipinski definition) is 3. The maximum Gasteiger partial charge on any atom is 0.306 e. The third-order valence-corrected chi connectivity index (χ3v) is 9.29. The van der Waals surface area contributed by atoms with E-state index < -0.39 is 59.2 Å². The second-order valence-corrected chi connectivity index (χ2v) is 10.9. The molecule has 4 unspecified atom stereocenters. The third kappa shape index (κ3) is 3.55. The lowest BCUT2D eigenvalue weighted by atomic mass is 9.45. The first-order valence-electron chi connectivity index (χ1n) is 11.9. The topological polar surface area (TPSA) is 155 Å². The van der Waals surface area contributed by atoms with Crippen LogP contribution in [-0.4, -0.2) is 62.9 Å². The summed E-state index contributed by atoms with van der Waals surface area (Å²) in [7, 11) is 0. The number of carbonyl (C=O) groups excluding carboxylic acids is 4. The van der Waals surface area contributed by atoms with Gasteiger partial charge in [0.15, 0.2) is 12.4 Å². The van der Waals surface area contributed by atoms with Gasteiger partial charge >= 0.3 is 11.9 Å². The fourth-order valence-electron chi connectivity index (χ4n) is 7.43. The number of fused-ring (bicyclic) bond motifs is 5. The van der Waals surface area contributed by atoms with Crippen LogP contribution in [0.2, 0.25) is 0 Å². The monoisotopic (exact) mass is 476 g/mol. The number of carboxylic acids is 1. The normalized spacial score (nSPS) is 41.1. The molecule has 0 saturated heterocycles. The summed E-state index contributed by atoms with van der Waals surface area (Å²) in [4.78, 5) is 61.1. The van der Waals surface area contributed by atoms with Crippen molar-refractivity contribution in [3.05, 3.63) is 11.6 Å². The summed E-state index contributed by atoms with van der Waals surface area (Å²) in [6.07, 6.45) is 1.64. The maximum absolute atomic E-state index is 13.6. The Labute approximate surface area is 197 Å². The van der Waals surface area contributed by atoms with E-state index in [1.54, 1.807) is 13.0 Å². The quantitative estimate of drug-likeness (QED) is 0.482. The van der Waals surface area contributed by atoms with Crippen LogP contribution in [0, 0.1) is 28.6 Å². The summed E-state index contributed by atoms with van der Waals surface area (Å²) in [6, 6.07) is 0. The number of carbonyl (C=O) groups is 5. The fourth-order valence-corrected chi connectivity index (χ4v) is 7.43. The van der Waals surface area contributed by atoms with Gasteiger partial charge in [0.05, 0.1) is 18.9 Å². The standard InChI is InChI=1S/C25H32O9/c1-23-11-17(27)22-15(4-3-13-9-14(26)10-18(28)24(13,22)2)16(23)7-8-25(23,33)19(29)12-34-21(32)6-5-20(30)31/h9,15-16,18,22,28,33H,3-8,10-12H2,1-2H3,(H,30,31)/t15?,16?,18?,22?,23-,24+,25-/m0/s1. The Morgan fingerprint density at radius 1 is 1.15 bits per heavy atom. The summed E-state index contributed by atoms with van der Waals surface area (Å²) in [5.74, 6) is -3.71. The SMILES string of the molecule is C[C@@]12C(=CC(=O)CC1O)CCC1C2C(=O)C[C@@]2(C)C1CC[C@]2(O)C(=O)COC(=O)CCC(=O)O. The first-order valence-corrected chi connectivity index (χ1v) is 11.9. The summed E-state index contributed by atoms with van der Waals surface area (Å²) < 4.78 is 4.93. The van der Waals surface area contributed by atoms with Gasteiger partial charge in [-0.15, -0.1) is 0 Å². The highest BCUT2D eigenvalue weighted by Gasteiger charge is 2.69. The minimum atomic E-state index is -1.84. The molecule has 3 fully saturated rings. The van der Waals surface area contributed by atoms with Crippen LogP contribution in [0.5, 0.6) is 0 Å². The van der Waals surface area contributed by atoms with Gasteiger partial charge in [0.2, 0.25) is 5.78 Å². The van der Waals surface area contributed by atoms with Crippen molar-refractivity contribution in [3.8, 4) is 0 Å². The molecule has 0 amide bonds. The Bertz CT molecular complexity index is 983. The lowest BCUT2D eigenvalue weighted by Crippen LogP contribution is -2.62. The van der Waals surface area contributed by atoms with Crippen molar-refractivity contribution in [2.24, 2.45) is 28.6 Å². The largest absolute Gasteiger partial charge is 0.481 e. The Hall–Kier alpha value is -2.39. The van der Waals surface area contributed by atoms with Crippen LogP contribution >= 0.6 is 0 Å². The number of aliphatic carboxylic acids is 1. The molecule has 7 atom stereocenters. The molecule has 0 bridgehead atoms. The average molecular weight is 477 g/mol. The van der Waals surface area contributed by atoms with Crippen molar-refractivity contribution in [2.45, 2.75) is 76.9 Å². The number of aliphatic hydroxyl groups is 2. The van der Waals surface area contributed by atoms with Crippen molar-refractivity contribution >= 4 is 29.3 Å². The first-order chi connectivity index (χ1) is 15.8. The Kier molecular flexibility index (Phi) is 6.09. The molecule has 4 aliphatic carbocycles. The summed E-state index contributed by atoms with van der Waals surface area (Å²) >= 11 is 0. The zero-order chi connectivity index (χ0) is 25.1. The van der Waals surface area contributed by atoms with E-state index in [-0.39, 0.29) is 49.1 Å². The minimum absolute atomic E-state index is 0.0197. The molecular weight excluding hydrogens is 444 g/mol. The molecule has 0 aromatic carbocycles. The molecule has 0 aromatic rings. The summed E-state index contributed by atoms with van der Waals surface area (Å²) in [6.45, 7) is 2.93. The van der Waals surface area contributed by atoms with Gasteiger partial charge in [-0.1, -0.05) is 19.4 Å². The highest BCUT2D eigenvalue weighted by atomic mass is 16.5. The smallest absolute Gasteiger partial charge is 0.306 e. The minimum Gasteiger partial charge on any atom is -0.481 e. The van der Waals surface area contributed by atoms with Gasteiger partial charge in [0.1, 0.15) is 11.4 Å². The summed E-state index contributed by atoms with van der Waals surface area (Å²) in [5.41, 5.74) is -2.90. The van der Waals surface area contributed by atoms with Crippen molar-refractivity contribution in [1.29, 1.82) is 0 Å². The van der Waals surface area contributed by atoms with Gasteiger partial charge in [-0.05, 0) is 43.6 Å². The van der Waals surface area contributed by atoms with Gasteiger partial charge in [0, 0.05) is 29.6 Å². The number of ketones is 3. The number of rotatable bonds is 6. The average Bonchev–Trinajstić information content (AvgIpc) is 3.02. The van der Waals surface area contributed by atoms with Gasteiger partial charge in [-0.3, -0.25) is 24.0 Å². The molecule has 0 spiro atoms. The highest BCUT2D eigenvalue weighted by molar-refractivity contribution is 5.95. The van der Waals surface area contributed by atoms with Crippen LogP contribution in [0.3, 0.4) is 0 Å². The number of hydrogen-bond acceptors (Lipinski definition) is 8. The van der Waals surface area contributed by atoms with Gasteiger partial charge in [-0.25, -0.2) is 0 Å². The van der Waals surface area contributed by atoms with E-state index in [4.69, 9.17) is 9.84 Å². The van der Waals surface area contributed by atoms with Gasteiger partial charge in [0.25, 0.3) is 0 Å². The number of esters is 1. The molecule has 186 valence electrons. The molecule has 9 nitrogen and oxygen atoms in total. The predicted octanol–water partition coefficient (Wildman–Crippen LogP) is 1.38. The van der Waals surface area contributed by atoms with Crippen LogP contribution in [0.25, 0.3) is 0 Å². The van der Waals surface area contributed by atoms with Gasteiger partial charge in [-0.2, -0.15) is 0 Å². The highest BCUT2D eigenvalue weighted by Crippen LogP contribution is 2.66. The molecule has 9 heteroatoms. The van der Waals surface area contributed by atoms with E-state index in [1.165, 1.54) is 0 Å². The third-order valence-electron chi connectivity index (χ3n) is 9.29. The van der Waals surface area contributed by atoms with Crippen LogP contribution in [0.1, 0.15) is 65.2 Å². The molecule has 3 N–H and O–H groups in total. The molecule has 0 radical (unpaired) electrons. The molecule has 0 heterocycles. The molecular formula is C25H32O9.